The number of methoxy groups -OCH3 is 1. The molecule has 2 aromatic rings. The van der Waals surface area contributed by atoms with Crippen LogP contribution in [0.25, 0.3) is 0 Å². The van der Waals surface area contributed by atoms with Gasteiger partial charge in [-0.05, 0) is 48.7 Å². The van der Waals surface area contributed by atoms with Crippen LogP contribution in [0.3, 0.4) is 0 Å². The van der Waals surface area contributed by atoms with Gasteiger partial charge in [0.05, 0.1) is 13.7 Å². The first-order chi connectivity index (χ1) is 12.8. The molecule has 1 aliphatic heterocycles. The minimum Gasteiger partial charge on any atom is -0.497 e. The molecule has 26 heavy (non-hydrogen) atoms. The highest BCUT2D eigenvalue weighted by atomic mass is 16.7. The van der Waals surface area contributed by atoms with E-state index in [-0.39, 0.29) is 0 Å². The maximum absolute atomic E-state index is 5.42. The first-order valence-corrected chi connectivity index (χ1v) is 8.82. The van der Waals surface area contributed by atoms with Crippen LogP contribution in [0, 0.1) is 0 Å². The van der Waals surface area contributed by atoms with Crippen molar-refractivity contribution in [3.8, 4) is 17.2 Å². The Morgan fingerprint density at radius 1 is 1.04 bits per heavy atom. The normalized spacial score (nSPS) is 12.8. The summed E-state index contributed by atoms with van der Waals surface area (Å²) in [5.74, 6) is 3.30. The second kappa shape index (κ2) is 8.99. The van der Waals surface area contributed by atoms with E-state index in [1.54, 1.807) is 7.11 Å². The van der Waals surface area contributed by atoms with Crippen LogP contribution in [0.2, 0.25) is 0 Å². The fourth-order valence-corrected chi connectivity index (χ4v) is 2.66. The van der Waals surface area contributed by atoms with E-state index in [0.29, 0.717) is 13.3 Å². The minimum atomic E-state index is 0.305. The molecule has 0 saturated carbocycles. The number of ether oxygens (including phenoxy) is 3. The van der Waals surface area contributed by atoms with Gasteiger partial charge in [0, 0.05) is 13.1 Å². The van der Waals surface area contributed by atoms with Crippen molar-refractivity contribution in [1.29, 1.82) is 0 Å². The van der Waals surface area contributed by atoms with Gasteiger partial charge in [-0.2, -0.15) is 0 Å². The van der Waals surface area contributed by atoms with Crippen molar-refractivity contribution >= 4 is 5.96 Å². The molecule has 0 radical (unpaired) electrons. The Morgan fingerprint density at radius 3 is 2.58 bits per heavy atom. The molecule has 138 valence electrons. The van der Waals surface area contributed by atoms with Crippen molar-refractivity contribution in [1.82, 2.24) is 10.6 Å². The summed E-state index contributed by atoms with van der Waals surface area (Å²) in [4.78, 5) is 4.64. The summed E-state index contributed by atoms with van der Waals surface area (Å²) in [5.41, 5.74) is 2.34. The molecule has 2 aromatic carbocycles. The third-order valence-electron chi connectivity index (χ3n) is 4.07. The number of benzene rings is 2. The Balaban J connectivity index is 1.52. The molecule has 0 spiro atoms. The van der Waals surface area contributed by atoms with Crippen LogP contribution in [-0.4, -0.2) is 33.0 Å². The fourth-order valence-electron chi connectivity index (χ4n) is 2.66. The van der Waals surface area contributed by atoms with Gasteiger partial charge in [0.2, 0.25) is 6.79 Å². The third kappa shape index (κ3) is 4.81. The molecule has 0 aromatic heterocycles. The quantitative estimate of drug-likeness (QED) is 0.591. The van der Waals surface area contributed by atoms with Gasteiger partial charge in [-0.25, -0.2) is 4.99 Å². The predicted octanol–water partition coefficient (Wildman–Crippen LogP) is 2.72. The Hall–Kier alpha value is -2.89. The van der Waals surface area contributed by atoms with E-state index in [0.717, 1.165) is 48.3 Å². The number of guanidine groups is 1. The molecule has 0 amide bonds. The number of fused-ring (bicyclic) bond motifs is 1. The first kappa shape index (κ1) is 17.9. The molecule has 1 heterocycles. The lowest BCUT2D eigenvalue weighted by Crippen LogP contribution is -2.38. The SMILES string of the molecule is CCNC(=NCc1ccc(OC)cc1)NCCc1ccc2c(c1)OCO2. The van der Waals surface area contributed by atoms with Crippen LogP contribution in [0.4, 0.5) is 0 Å². The number of rotatable bonds is 7. The van der Waals surface area contributed by atoms with Crippen molar-refractivity contribution in [2.24, 2.45) is 4.99 Å². The Labute approximate surface area is 154 Å². The number of hydrogen-bond acceptors (Lipinski definition) is 4. The second-order valence-electron chi connectivity index (χ2n) is 5.91. The summed E-state index contributed by atoms with van der Waals surface area (Å²) in [6, 6.07) is 14.0. The van der Waals surface area contributed by atoms with Gasteiger partial charge in [-0.1, -0.05) is 18.2 Å². The molecule has 0 bridgehead atoms. The van der Waals surface area contributed by atoms with Crippen LogP contribution >= 0.6 is 0 Å². The van der Waals surface area contributed by atoms with Crippen LogP contribution in [0.5, 0.6) is 17.2 Å². The van der Waals surface area contributed by atoms with Crippen LogP contribution in [0.1, 0.15) is 18.1 Å². The van der Waals surface area contributed by atoms with Crippen molar-refractivity contribution in [3.63, 3.8) is 0 Å². The number of nitrogens with zero attached hydrogens (tertiary/aromatic N) is 1. The first-order valence-electron chi connectivity index (χ1n) is 8.82. The van der Waals surface area contributed by atoms with E-state index in [2.05, 4.69) is 28.6 Å². The predicted molar refractivity (Wildman–Crippen MR) is 102 cm³/mol. The largest absolute Gasteiger partial charge is 0.497 e. The molecule has 2 N–H and O–H groups in total. The van der Waals surface area contributed by atoms with E-state index in [9.17, 15) is 0 Å². The van der Waals surface area contributed by atoms with E-state index in [1.807, 2.05) is 36.4 Å². The number of hydrogen-bond donors (Lipinski definition) is 2. The minimum absolute atomic E-state index is 0.305. The smallest absolute Gasteiger partial charge is 0.231 e. The van der Waals surface area contributed by atoms with Crippen LogP contribution < -0.4 is 24.8 Å². The summed E-state index contributed by atoms with van der Waals surface area (Å²) < 4.78 is 15.9. The summed E-state index contributed by atoms with van der Waals surface area (Å²) in [6.07, 6.45) is 0.879. The Kier molecular flexibility index (Phi) is 6.19. The highest BCUT2D eigenvalue weighted by Crippen LogP contribution is 2.32. The van der Waals surface area contributed by atoms with E-state index < -0.39 is 0 Å². The maximum Gasteiger partial charge on any atom is 0.231 e. The highest BCUT2D eigenvalue weighted by molar-refractivity contribution is 5.79. The monoisotopic (exact) mass is 355 g/mol. The Morgan fingerprint density at radius 2 is 1.81 bits per heavy atom. The zero-order valence-corrected chi connectivity index (χ0v) is 15.2. The number of aliphatic imine (C=N–C) groups is 1. The lowest BCUT2D eigenvalue weighted by atomic mass is 10.1. The van der Waals surface area contributed by atoms with Crippen LogP contribution in [0.15, 0.2) is 47.5 Å². The molecule has 6 nitrogen and oxygen atoms in total. The zero-order valence-electron chi connectivity index (χ0n) is 15.2. The standard InChI is InChI=1S/C20H25N3O3/c1-3-21-20(23-13-16-4-7-17(24-2)8-5-16)22-11-10-15-6-9-18-19(12-15)26-14-25-18/h4-9,12H,3,10-11,13-14H2,1-2H3,(H2,21,22,23). The molecule has 0 atom stereocenters. The number of nitrogens with one attached hydrogen (secondary N) is 2. The van der Waals surface area contributed by atoms with Gasteiger partial charge >= 0.3 is 0 Å². The molecule has 0 unspecified atom stereocenters. The van der Waals surface area contributed by atoms with E-state index in [1.165, 1.54) is 5.56 Å². The second-order valence-corrected chi connectivity index (χ2v) is 5.91. The molecule has 6 heteroatoms. The molecule has 0 aliphatic carbocycles. The summed E-state index contributed by atoms with van der Waals surface area (Å²) in [5, 5.41) is 6.64. The molecular formula is C20H25N3O3. The van der Waals surface area contributed by atoms with Gasteiger partial charge in [0.1, 0.15) is 5.75 Å². The summed E-state index contributed by atoms with van der Waals surface area (Å²) in [6.45, 7) is 4.58. The molecule has 3 rings (SSSR count). The molecular weight excluding hydrogens is 330 g/mol. The van der Waals surface area contributed by atoms with Crippen molar-refractivity contribution in [3.05, 3.63) is 53.6 Å². The highest BCUT2D eigenvalue weighted by Gasteiger charge is 2.12. The molecule has 1 aliphatic rings. The lowest BCUT2D eigenvalue weighted by Gasteiger charge is -2.11. The zero-order chi connectivity index (χ0) is 18.2. The Bertz CT molecular complexity index is 744. The van der Waals surface area contributed by atoms with Crippen LogP contribution in [-0.2, 0) is 13.0 Å². The van der Waals surface area contributed by atoms with Gasteiger partial charge in [-0.3, -0.25) is 0 Å². The van der Waals surface area contributed by atoms with E-state index in [4.69, 9.17) is 14.2 Å². The van der Waals surface area contributed by atoms with Gasteiger partial charge in [-0.15, -0.1) is 0 Å². The third-order valence-corrected chi connectivity index (χ3v) is 4.07. The van der Waals surface area contributed by atoms with Gasteiger partial charge in [0.25, 0.3) is 0 Å². The molecule has 0 saturated heterocycles. The maximum atomic E-state index is 5.42. The lowest BCUT2D eigenvalue weighted by molar-refractivity contribution is 0.174. The van der Waals surface area contributed by atoms with Gasteiger partial charge < -0.3 is 24.8 Å². The topological polar surface area (TPSA) is 64.1 Å². The fraction of sp³-hybridized carbons (Fsp3) is 0.350. The molecule has 0 fully saturated rings. The average molecular weight is 355 g/mol. The van der Waals surface area contributed by atoms with Crippen molar-refractivity contribution in [2.75, 3.05) is 27.0 Å². The van der Waals surface area contributed by atoms with E-state index >= 15 is 0 Å². The summed E-state index contributed by atoms with van der Waals surface area (Å²) >= 11 is 0. The van der Waals surface area contributed by atoms with Crippen molar-refractivity contribution in [2.45, 2.75) is 19.9 Å². The summed E-state index contributed by atoms with van der Waals surface area (Å²) in [7, 11) is 1.67. The van der Waals surface area contributed by atoms with Crippen molar-refractivity contribution < 1.29 is 14.2 Å². The average Bonchev–Trinajstić information content (AvgIpc) is 3.14. The van der Waals surface area contributed by atoms with Gasteiger partial charge in [0.15, 0.2) is 17.5 Å².